The molecule has 10 heteroatoms. The molecule has 5 aromatic carbocycles. The maximum atomic E-state index is 13.0. The lowest BCUT2D eigenvalue weighted by molar-refractivity contribution is -0.138. The first kappa shape index (κ1) is 45.1. The van der Waals surface area contributed by atoms with E-state index in [1.54, 1.807) is 49.4 Å². The van der Waals surface area contributed by atoms with Gasteiger partial charge in [0.1, 0.15) is 23.0 Å². The van der Waals surface area contributed by atoms with Crippen LogP contribution >= 0.6 is 0 Å². The molecule has 0 atom stereocenters. The van der Waals surface area contributed by atoms with Gasteiger partial charge in [-0.25, -0.2) is 19.2 Å². The normalized spacial score (nSPS) is 10.6. The fourth-order valence-electron chi connectivity index (χ4n) is 6.17. The number of aryl methyl sites for hydroxylation is 1. The Kier molecular flexibility index (Phi) is 17.9. The van der Waals surface area contributed by atoms with Crippen LogP contribution in [0.5, 0.6) is 23.0 Å². The van der Waals surface area contributed by atoms with Crippen molar-refractivity contribution in [3.8, 4) is 45.3 Å². The van der Waals surface area contributed by atoms with E-state index in [9.17, 15) is 19.2 Å². The maximum absolute atomic E-state index is 13.0. The lowest BCUT2D eigenvalue weighted by Gasteiger charge is -2.11. The van der Waals surface area contributed by atoms with Crippen molar-refractivity contribution in [1.29, 1.82) is 0 Å². The Morgan fingerprint density at radius 3 is 1.20 bits per heavy atom. The minimum atomic E-state index is -0.506. The average Bonchev–Trinajstić information content (AvgIpc) is 3.29. The molecule has 0 aliphatic heterocycles. The van der Waals surface area contributed by atoms with Crippen LogP contribution in [0.15, 0.2) is 141 Å². The fraction of sp³-hybridized carbons (Fsp3) is 0.255. The van der Waals surface area contributed by atoms with Gasteiger partial charge >= 0.3 is 23.9 Å². The van der Waals surface area contributed by atoms with Gasteiger partial charge in [0.2, 0.25) is 0 Å². The highest BCUT2D eigenvalue weighted by Gasteiger charge is 2.14. The van der Waals surface area contributed by atoms with Crippen LogP contribution in [0.4, 0.5) is 0 Å². The summed E-state index contributed by atoms with van der Waals surface area (Å²) in [4.78, 5) is 48.2. The molecular formula is C51H52O10. The smallest absolute Gasteiger partial charge is 0.343 e. The van der Waals surface area contributed by atoms with Crippen molar-refractivity contribution < 1.29 is 47.6 Å². The van der Waals surface area contributed by atoms with Gasteiger partial charge in [0.25, 0.3) is 0 Å². The Morgan fingerprint density at radius 1 is 0.443 bits per heavy atom. The largest absolute Gasteiger partial charge is 0.494 e. The van der Waals surface area contributed by atoms with Gasteiger partial charge in [-0.2, -0.15) is 0 Å². The van der Waals surface area contributed by atoms with Gasteiger partial charge in [0.15, 0.2) is 0 Å². The quantitative estimate of drug-likeness (QED) is 0.0257. The van der Waals surface area contributed by atoms with Crippen LogP contribution in [0.2, 0.25) is 0 Å². The first-order valence-electron chi connectivity index (χ1n) is 20.5. The van der Waals surface area contributed by atoms with Gasteiger partial charge in [-0.1, -0.05) is 61.7 Å². The number of hydrogen-bond donors (Lipinski definition) is 0. The number of esters is 4. The molecule has 0 fully saturated rings. The summed E-state index contributed by atoms with van der Waals surface area (Å²) in [6, 6.07) is 34.8. The molecule has 61 heavy (non-hydrogen) atoms. The van der Waals surface area contributed by atoms with Crippen LogP contribution in [-0.4, -0.2) is 50.3 Å². The Labute approximate surface area is 357 Å². The number of rotatable bonds is 24. The first-order valence-corrected chi connectivity index (χ1v) is 20.5. The topological polar surface area (TPSA) is 124 Å². The minimum absolute atomic E-state index is 0.331. The van der Waals surface area contributed by atoms with Gasteiger partial charge in [-0.3, -0.25) is 0 Å². The van der Waals surface area contributed by atoms with E-state index in [2.05, 4.69) is 13.2 Å². The summed E-state index contributed by atoms with van der Waals surface area (Å²) in [5.41, 5.74) is 5.29. The van der Waals surface area contributed by atoms with E-state index in [4.69, 9.17) is 28.4 Å². The molecular weight excluding hydrogens is 773 g/mol. The van der Waals surface area contributed by atoms with Crippen molar-refractivity contribution in [1.82, 2.24) is 0 Å². The SMILES string of the molecule is C=CC(=O)OCCCCCCOc1ccc(-c2ccc(C(=O)Oc3ccc(OC(=O)c4ccc(-c5ccc(OCCCCCCOC(=O)C=C)cc5)cc4)c(C)c3)cc2)cc1. The molecule has 0 spiro atoms. The summed E-state index contributed by atoms with van der Waals surface area (Å²) in [6.45, 7) is 10.6. The minimum Gasteiger partial charge on any atom is -0.494 e. The number of hydrogen-bond acceptors (Lipinski definition) is 10. The van der Waals surface area contributed by atoms with E-state index in [0.717, 1.165) is 85.1 Å². The van der Waals surface area contributed by atoms with Crippen LogP contribution < -0.4 is 18.9 Å². The van der Waals surface area contributed by atoms with Crippen LogP contribution in [0.1, 0.15) is 77.6 Å². The second-order valence-corrected chi connectivity index (χ2v) is 14.2. The molecule has 0 amide bonds. The van der Waals surface area contributed by atoms with E-state index in [1.165, 1.54) is 12.2 Å². The van der Waals surface area contributed by atoms with Crippen molar-refractivity contribution in [2.75, 3.05) is 26.4 Å². The predicted molar refractivity (Wildman–Crippen MR) is 235 cm³/mol. The van der Waals surface area contributed by atoms with Crippen LogP contribution in [0, 0.1) is 6.92 Å². The second kappa shape index (κ2) is 24.2. The summed E-state index contributed by atoms with van der Waals surface area (Å²) < 4.78 is 33.0. The van der Waals surface area contributed by atoms with Gasteiger partial charge in [0.05, 0.1) is 37.6 Å². The molecule has 316 valence electrons. The van der Waals surface area contributed by atoms with E-state index in [0.29, 0.717) is 54.6 Å². The third-order valence-electron chi connectivity index (χ3n) is 9.61. The first-order chi connectivity index (χ1) is 29.7. The highest BCUT2D eigenvalue weighted by molar-refractivity contribution is 5.93. The van der Waals surface area contributed by atoms with E-state index in [1.807, 2.05) is 72.8 Å². The maximum Gasteiger partial charge on any atom is 0.343 e. The van der Waals surface area contributed by atoms with Crippen LogP contribution in [-0.2, 0) is 19.1 Å². The molecule has 0 aromatic heterocycles. The van der Waals surface area contributed by atoms with E-state index < -0.39 is 23.9 Å². The Morgan fingerprint density at radius 2 is 0.803 bits per heavy atom. The van der Waals surface area contributed by atoms with Crippen molar-refractivity contribution in [3.63, 3.8) is 0 Å². The molecule has 0 aliphatic rings. The second-order valence-electron chi connectivity index (χ2n) is 14.2. The van der Waals surface area contributed by atoms with Crippen LogP contribution in [0.25, 0.3) is 22.3 Å². The van der Waals surface area contributed by atoms with Gasteiger partial charge in [0, 0.05) is 12.2 Å². The van der Waals surface area contributed by atoms with Gasteiger partial charge in [-0.05, 0) is 153 Å². The average molecular weight is 825 g/mol. The number of ether oxygens (including phenoxy) is 6. The highest BCUT2D eigenvalue weighted by atomic mass is 16.5. The molecule has 0 N–H and O–H groups in total. The number of carbonyl (C=O) groups excluding carboxylic acids is 4. The lowest BCUT2D eigenvalue weighted by Crippen LogP contribution is -2.10. The molecule has 10 nitrogen and oxygen atoms in total. The van der Waals surface area contributed by atoms with Crippen molar-refractivity contribution in [3.05, 3.63) is 157 Å². The van der Waals surface area contributed by atoms with Gasteiger partial charge < -0.3 is 28.4 Å². The third kappa shape index (κ3) is 15.0. The monoisotopic (exact) mass is 824 g/mol. The molecule has 0 saturated carbocycles. The zero-order valence-corrected chi connectivity index (χ0v) is 34.6. The fourth-order valence-corrected chi connectivity index (χ4v) is 6.17. The molecule has 0 saturated heterocycles. The molecule has 0 bridgehead atoms. The van der Waals surface area contributed by atoms with Crippen molar-refractivity contribution in [2.24, 2.45) is 0 Å². The van der Waals surface area contributed by atoms with Gasteiger partial charge in [-0.15, -0.1) is 0 Å². The zero-order chi connectivity index (χ0) is 43.2. The number of benzene rings is 5. The molecule has 0 heterocycles. The summed E-state index contributed by atoms with van der Waals surface area (Å²) >= 11 is 0. The highest BCUT2D eigenvalue weighted by Crippen LogP contribution is 2.28. The predicted octanol–water partition coefficient (Wildman–Crippen LogP) is 11.1. The molecule has 0 aliphatic carbocycles. The van der Waals surface area contributed by atoms with E-state index >= 15 is 0 Å². The van der Waals surface area contributed by atoms with Crippen LogP contribution in [0.3, 0.4) is 0 Å². The molecule has 5 rings (SSSR count). The third-order valence-corrected chi connectivity index (χ3v) is 9.61. The summed E-state index contributed by atoms with van der Waals surface area (Å²) in [5.74, 6) is 0.462. The van der Waals surface area contributed by atoms with Crippen molar-refractivity contribution >= 4 is 23.9 Å². The van der Waals surface area contributed by atoms with Crippen molar-refractivity contribution in [2.45, 2.75) is 58.3 Å². The Balaban J connectivity index is 1.02. The molecule has 0 unspecified atom stereocenters. The molecule has 0 radical (unpaired) electrons. The number of unbranched alkanes of at least 4 members (excludes halogenated alkanes) is 6. The summed E-state index contributed by atoms with van der Waals surface area (Å²) in [6.07, 6.45) is 9.65. The summed E-state index contributed by atoms with van der Waals surface area (Å²) in [7, 11) is 0. The Bertz CT molecular complexity index is 2210. The zero-order valence-electron chi connectivity index (χ0n) is 34.6. The number of carbonyl (C=O) groups is 4. The summed E-state index contributed by atoms with van der Waals surface area (Å²) in [5, 5.41) is 0. The standard InChI is InChI=1S/C51H52O10/c1-4-48(52)58-34-12-8-6-10-32-56-44-26-22-40(23-27-44)38-14-18-42(19-15-38)50(54)60-46-30-31-47(37(3)36-46)61-51(55)43-20-16-39(17-21-43)41-24-28-45(29-25-41)57-33-11-7-9-13-35-59-49(53)5-2/h4-5,14-31,36H,1-2,6-13,32-35H2,3H3. The van der Waals surface area contributed by atoms with E-state index in [-0.39, 0.29) is 0 Å². The lowest BCUT2D eigenvalue weighted by atomic mass is 10.0. The molecule has 5 aromatic rings. The Hall–Kier alpha value is -6.94.